The molecule has 8 bridgehead atoms. The lowest BCUT2D eigenvalue weighted by Crippen LogP contribution is -2.87. The maximum atomic E-state index is 7.47. The second kappa shape index (κ2) is 16.9. The molecule has 0 radical (unpaired) electrons. The molecule has 6 saturated heterocycles. The molecule has 6 fully saturated rings. The van der Waals surface area contributed by atoms with Gasteiger partial charge in [0.25, 0.3) is 0 Å². The van der Waals surface area contributed by atoms with Gasteiger partial charge >= 0.3 is 106 Å². The Morgan fingerprint density at radius 3 is 0.596 bits per heavy atom. The van der Waals surface area contributed by atoms with Gasteiger partial charge in [-0.1, -0.05) is 0 Å². The van der Waals surface area contributed by atoms with E-state index in [0.29, 0.717) is 0 Å². The summed E-state index contributed by atoms with van der Waals surface area (Å²) >= 11 is 0. The molecule has 0 saturated carbocycles. The molecule has 0 aromatic rings. The van der Waals surface area contributed by atoms with Crippen LogP contribution in [-0.2, 0) is 107 Å². The monoisotopic (exact) mass is 1030 g/mol. The fourth-order valence-corrected chi connectivity index (χ4v) is 83.6. The fraction of sp³-hybridized carbons (Fsp3) is 1.00. The minimum absolute atomic E-state index is 0.209. The average molecular weight is 1030 g/mol. The molecule has 6 aliphatic heterocycles. The van der Waals surface area contributed by atoms with Crippen molar-refractivity contribution in [3.63, 3.8) is 0 Å². The fourth-order valence-electron chi connectivity index (χ4n) is 7.42. The van der Waals surface area contributed by atoms with Crippen molar-refractivity contribution in [1.29, 1.82) is 0 Å². The Hall–Kier alpha value is 1.60. The molecular weight excluding hydrogens is 977 g/mol. The van der Waals surface area contributed by atoms with E-state index in [1.807, 2.05) is 0 Å². The van der Waals surface area contributed by atoms with Gasteiger partial charge in [0.05, 0.1) is 34.0 Å². The second-order valence-corrected chi connectivity index (χ2v) is 52.8. The topological polar surface area (TPSA) is 231 Å². The van der Waals surface area contributed by atoms with Crippen LogP contribution in [0.2, 0.25) is 34.0 Å². The molecule has 0 N–H and O–H groups in total. The third kappa shape index (κ3) is 8.40. The quantitative estimate of drug-likeness (QED) is 0.186. The third-order valence-corrected chi connectivity index (χ3v) is 67.2. The first-order valence-electron chi connectivity index (χ1n) is 17.3. The Morgan fingerprint density at radius 1 is 0.211 bits per heavy atom. The van der Waals surface area contributed by atoms with Crippen LogP contribution < -0.4 is 0 Å². The number of hydrogen-bond acceptors (Lipinski definition) is 25. The van der Waals surface area contributed by atoms with Gasteiger partial charge in [-0.2, -0.15) is 0 Å². The highest BCUT2D eigenvalue weighted by Crippen LogP contribution is 2.54. The average Bonchev–Trinajstić information content (AvgIpc) is 3.19. The van der Waals surface area contributed by atoms with Crippen molar-refractivity contribution in [3.05, 3.63) is 0 Å². The van der Waals surface area contributed by atoms with Crippen molar-refractivity contribution in [3.8, 4) is 0 Å². The Kier molecular flexibility index (Phi) is 14.2. The van der Waals surface area contributed by atoms with Gasteiger partial charge in [-0.15, -0.1) is 0 Å². The lowest BCUT2D eigenvalue weighted by molar-refractivity contribution is 0.000467. The van der Waals surface area contributed by atoms with Crippen molar-refractivity contribution < 1.29 is 107 Å². The molecule has 8 atom stereocenters. The normalized spacial score (nSPS) is 44.5. The maximum absolute atomic E-state index is 7.47. The Labute approximate surface area is 344 Å². The van der Waals surface area contributed by atoms with E-state index in [9.17, 15) is 0 Å². The van der Waals surface area contributed by atoms with E-state index in [4.69, 9.17) is 107 Å². The van der Waals surface area contributed by atoms with E-state index in [1.54, 1.807) is 0 Å². The molecule has 6 rings (SSSR count). The molecule has 332 valence electrons. The van der Waals surface area contributed by atoms with E-state index in [2.05, 4.69) is 0 Å². The van der Waals surface area contributed by atoms with E-state index in [-0.39, 0.29) is 34.0 Å². The zero-order chi connectivity index (χ0) is 41.9. The largest absolute Gasteiger partial charge is 0.497 e. The summed E-state index contributed by atoms with van der Waals surface area (Å²) in [5.74, 6) is 0. The van der Waals surface area contributed by atoms with Crippen molar-refractivity contribution in [2.75, 3.05) is 99.5 Å². The summed E-state index contributed by atoms with van der Waals surface area (Å²) in [6, 6.07) is 0. The van der Waals surface area contributed by atoms with Crippen molar-refractivity contribution in [2.45, 2.75) is 34.0 Å². The molecule has 57 heavy (non-hydrogen) atoms. The molecule has 6 heterocycles. The standard InChI is InChI=1S/C20H54O25Si12/c1-21-46(22-2)15-50(29-9)35-48(25-5,26-6)17-52(31-11)39-53(32-12)18-49(27-7,28-8)36-51(30-10)16-47(23-3,24-4)38-55(34-14)20-57(42-51,44-53)45-56(41-50,43-52)19-54(33-13,37-46)40-55/h15-20H2,1-14H3. The summed E-state index contributed by atoms with van der Waals surface area (Å²) in [5.41, 5.74) is -1.61. The van der Waals surface area contributed by atoms with Crippen LogP contribution in [0, 0.1) is 0 Å². The lowest BCUT2D eigenvalue weighted by atomic mass is 11.8. The summed E-state index contributed by atoms with van der Waals surface area (Å²) in [5, 5.41) is 0. The molecule has 6 aliphatic rings. The van der Waals surface area contributed by atoms with E-state index < -0.39 is 106 Å². The zero-order valence-corrected chi connectivity index (χ0v) is 46.4. The first-order chi connectivity index (χ1) is 26.9. The summed E-state index contributed by atoms with van der Waals surface area (Å²) < 4.78 is 166. The molecule has 8 unspecified atom stereocenters. The van der Waals surface area contributed by atoms with Crippen LogP contribution in [0.1, 0.15) is 0 Å². The van der Waals surface area contributed by atoms with E-state index in [0.717, 1.165) is 0 Å². The summed E-state index contributed by atoms with van der Waals surface area (Å²) in [7, 11) is -31.6. The van der Waals surface area contributed by atoms with Crippen LogP contribution in [-0.4, -0.2) is 205 Å². The van der Waals surface area contributed by atoms with Crippen LogP contribution in [0.15, 0.2) is 0 Å². The van der Waals surface area contributed by atoms with Gasteiger partial charge in [-0.05, 0) is 0 Å². The SMILES string of the molecule is CO[Si]1(OC)C[Si]2(OC)O[Si](OC)(OC)C[Si]3(OC)O[Si]4(OC)C[Si](OC)(OC)O[Si]5(OC)C[Si](OC)(OC)O[Si]6(OC)C[Si](O5)(O4)O[Si](C[Si](OC)(O1)O6)(O2)O3. The molecule has 2 spiro atoms. The second-order valence-electron chi connectivity index (χ2n) is 13.2. The molecule has 0 aliphatic carbocycles. The zero-order valence-electron chi connectivity index (χ0n) is 34.4. The smallest absolute Gasteiger partial charge is 0.378 e. The first kappa shape index (κ1) is 48.1. The first-order valence-corrected chi connectivity index (χ1v) is 40.5. The molecule has 0 amide bonds. The van der Waals surface area contributed by atoms with Gasteiger partial charge in [-0.25, -0.2) is 0 Å². The number of fused-ring (bicyclic) bond motifs is 6. The Morgan fingerprint density at radius 2 is 0.404 bits per heavy atom. The summed E-state index contributed by atoms with van der Waals surface area (Å²) in [4.78, 5) is 0. The van der Waals surface area contributed by atoms with Crippen molar-refractivity contribution in [1.82, 2.24) is 0 Å². The van der Waals surface area contributed by atoms with Crippen molar-refractivity contribution in [2.24, 2.45) is 0 Å². The highest BCUT2D eigenvalue weighted by molar-refractivity contribution is 7.08. The van der Waals surface area contributed by atoms with Gasteiger partial charge in [-0.3, -0.25) is 0 Å². The molecule has 37 heteroatoms. The van der Waals surface area contributed by atoms with Gasteiger partial charge in [0, 0.05) is 99.5 Å². The number of hydrogen-bond donors (Lipinski definition) is 0. The molecule has 25 nitrogen and oxygen atoms in total. The Bertz CT molecular complexity index is 1250. The van der Waals surface area contributed by atoms with Crippen LogP contribution in [0.3, 0.4) is 0 Å². The third-order valence-electron chi connectivity index (χ3n) is 10.4. The highest BCUT2D eigenvalue weighted by Gasteiger charge is 2.86. The van der Waals surface area contributed by atoms with Crippen LogP contribution in [0.25, 0.3) is 0 Å². The van der Waals surface area contributed by atoms with Crippen LogP contribution >= 0.6 is 0 Å². The van der Waals surface area contributed by atoms with E-state index in [1.165, 1.54) is 99.5 Å². The minimum atomic E-state index is -4.67. The molecule has 0 aromatic carbocycles. The van der Waals surface area contributed by atoms with Crippen LogP contribution in [0.4, 0.5) is 0 Å². The van der Waals surface area contributed by atoms with Crippen molar-refractivity contribution >= 4 is 106 Å². The molecular formula is C20H54O25Si12. The molecule has 0 aromatic heterocycles. The summed E-state index contributed by atoms with van der Waals surface area (Å²) in [6.45, 7) is 0. The van der Waals surface area contributed by atoms with Gasteiger partial charge in [0.2, 0.25) is 0 Å². The van der Waals surface area contributed by atoms with E-state index >= 15 is 0 Å². The van der Waals surface area contributed by atoms with Gasteiger partial charge in [0.1, 0.15) is 0 Å². The van der Waals surface area contributed by atoms with Gasteiger partial charge in [0.15, 0.2) is 0 Å². The highest BCUT2D eigenvalue weighted by atomic mass is 28.6. The predicted octanol–water partition coefficient (Wildman–Crippen LogP) is -1.20. The van der Waals surface area contributed by atoms with Gasteiger partial charge < -0.3 is 107 Å². The maximum Gasteiger partial charge on any atom is 0.497 e. The lowest BCUT2D eigenvalue weighted by Gasteiger charge is -2.59. The Balaban J connectivity index is 1.75. The number of rotatable bonds is 14. The predicted molar refractivity (Wildman–Crippen MR) is 208 cm³/mol. The van der Waals surface area contributed by atoms with Crippen LogP contribution in [0.5, 0.6) is 0 Å². The summed E-state index contributed by atoms with van der Waals surface area (Å²) in [6.07, 6.45) is 0. The minimum Gasteiger partial charge on any atom is -0.378 e.